The number of hydrogen-bond acceptors (Lipinski definition) is 2. The van der Waals surface area contributed by atoms with Crippen molar-refractivity contribution in [1.82, 2.24) is 4.98 Å². The predicted molar refractivity (Wildman–Crippen MR) is 61.7 cm³/mol. The van der Waals surface area contributed by atoms with Crippen LogP contribution in [0.2, 0.25) is 0 Å². The zero-order valence-corrected chi connectivity index (χ0v) is 9.13. The van der Waals surface area contributed by atoms with Gasteiger partial charge in [0.1, 0.15) is 5.75 Å². The molecule has 1 aromatic carbocycles. The van der Waals surface area contributed by atoms with E-state index in [0.29, 0.717) is 0 Å². The summed E-state index contributed by atoms with van der Waals surface area (Å²) in [5.41, 5.74) is 1.93. The van der Waals surface area contributed by atoms with Crippen LogP contribution in [0.5, 0.6) is 5.75 Å². The maximum atomic E-state index is 9.08. The van der Waals surface area contributed by atoms with Crippen LogP contribution in [0.4, 0.5) is 0 Å². The topological polar surface area (TPSA) is 33.1 Å². The van der Waals surface area contributed by atoms with E-state index in [9.17, 15) is 0 Å². The number of phenols is 1. The van der Waals surface area contributed by atoms with E-state index in [1.54, 1.807) is 18.3 Å². The maximum absolute atomic E-state index is 9.08. The van der Waals surface area contributed by atoms with Gasteiger partial charge in [-0.25, -0.2) is 0 Å². The Hall–Kier alpha value is -1.35. The summed E-state index contributed by atoms with van der Waals surface area (Å²) in [5.74, 6) is 0.277. The van der Waals surface area contributed by atoms with Gasteiger partial charge >= 0.3 is 0 Å². The van der Waals surface area contributed by atoms with E-state index >= 15 is 0 Å². The number of aromatic nitrogens is 1. The van der Waals surface area contributed by atoms with E-state index in [-0.39, 0.29) is 22.7 Å². The summed E-state index contributed by atoms with van der Waals surface area (Å²) in [4.78, 5) is 4.20. The third-order valence-corrected chi connectivity index (χ3v) is 1.83. The molecule has 0 aliphatic carbocycles. The van der Waals surface area contributed by atoms with Crippen LogP contribution in [-0.4, -0.2) is 10.1 Å². The molecule has 0 radical (unpaired) electrons. The second-order valence-electron chi connectivity index (χ2n) is 2.76. The molecule has 1 aromatic heterocycles. The first-order chi connectivity index (χ1) is 6.36. The highest BCUT2D eigenvalue weighted by molar-refractivity contribution is 8.93. The van der Waals surface area contributed by atoms with Crippen LogP contribution in [-0.2, 0) is 0 Å². The van der Waals surface area contributed by atoms with Crippen molar-refractivity contribution >= 4 is 17.0 Å². The summed E-state index contributed by atoms with van der Waals surface area (Å²) in [6.07, 6.45) is 1.75. The van der Waals surface area contributed by atoms with Gasteiger partial charge in [-0.05, 0) is 36.4 Å². The van der Waals surface area contributed by atoms with Gasteiger partial charge in [-0.2, -0.15) is 0 Å². The molecule has 0 saturated carbocycles. The predicted octanol–water partition coefficient (Wildman–Crippen LogP) is 3.03. The third kappa shape index (κ3) is 2.33. The SMILES string of the molecule is Br.Oc1ccc(-c2ccccn2)cc1. The Labute approximate surface area is 93.0 Å². The van der Waals surface area contributed by atoms with E-state index < -0.39 is 0 Å². The molecule has 2 nitrogen and oxygen atoms in total. The largest absolute Gasteiger partial charge is 0.508 e. The Morgan fingerprint density at radius 1 is 0.929 bits per heavy atom. The van der Waals surface area contributed by atoms with Crippen molar-refractivity contribution in [2.24, 2.45) is 0 Å². The minimum absolute atomic E-state index is 0. The molecule has 0 atom stereocenters. The Balaban J connectivity index is 0.000000980. The number of halogens is 1. The second-order valence-corrected chi connectivity index (χ2v) is 2.76. The molecule has 0 unspecified atom stereocenters. The first-order valence-electron chi connectivity index (χ1n) is 4.07. The molecule has 3 heteroatoms. The van der Waals surface area contributed by atoms with E-state index in [1.807, 2.05) is 30.3 Å². The fourth-order valence-corrected chi connectivity index (χ4v) is 1.17. The Morgan fingerprint density at radius 3 is 2.21 bits per heavy atom. The molecule has 0 saturated heterocycles. The zero-order valence-electron chi connectivity index (χ0n) is 7.42. The minimum Gasteiger partial charge on any atom is -0.508 e. The van der Waals surface area contributed by atoms with Crippen molar-refractivity contribution in [1.29, 1.82) is 0 Å². The molecule has 0 aliphatic rings. The third-order valence-electron chi connectivity index (χ3n) is 1.83. The van der Waals surface area contributed by atoms with Gasteiger partial charge in [-0.1, -0.05) is 6.07 Å². The lowest BCUT2D eigenvalue weighted by Gasteiger charge is -1.99. The number of phenolic OH excluding ortho intramolecular Hbond substituents is 1. The van der Waals surface area contributed by atoms with Crippen LogP contribution in [0.25, 0.3) is 11.3 Å². The zero-order chi connectivity index (χ0) is 9.10. The molecular weight excluding hydrogens is 242 g/mol. The maximum Gasteiger partial charge on any atom is 0.115 e. The smallest absolute Gasteiger partial charge is 0.115 e. The van der Waals surface area contributed by atoms with Gasteiger partial charge < -0.3 is 5.11 Å². The second kappa shape index (κ2) is 4.77. The lowest BCUT2D eigenvalue weighted by atomic mass is 10.1. The van der Waals surface area contributed by atoms with Gasteiger partial charge in [0.15, 0.2) is 0 Å². The van der Waals surface area contributed by atoms with Crippen LogP contribution < -0.4 is 0 Å². The summed E-state index contributed by atoms with van der Waals surface area (Å²) in [6.45, 7) is 0. The minimum atomic E-state index is 0. The first-order valence-corrected chi connectivity index (χ1v) is 4.07. The number of rotatable bonds is 1. The first kappa shape index (κ1) is 10.7. The molecule has 2 aromatic rings. The fraction of sp³-hybridized carbons (Fsp3) is 0. The number of hydrogen-bond donors (Lipinski definition) is 1. The Kier molecular flexibility index (Phi) is 3.65. The molecule has 0 bridgehead atoms. The summed E-state index contributed by atoms with van der Waals surface area (Å²) >= 11 is 0. The molecule has 72 valence electrons. The monoisotopic (exact) mass is 251 g/mol. The van der Waals surface area contributed by atoms with Crippen molar-refractivity contribution in [2.45, 2.75) is 0 Å². The van der Waals surface area contributed by atoms with Gasteiger partial charge in [0.2, 0.25) is 0 Å². The fourth-order valence-electron chi connectivity index (χ4n) is 1.17. The van der Waals surface area contributed by atoms with Crippen LogP contribution in [0.15, 0.2) is 48.7 Å². The highest BCUT2D eigenvalue weighted by Gasteiger charge is 1.96. The van der Waals surface area contributed by atoms with Crippen molar-refractivity contribution in [2.75, 3.05) is 0 Å². The lowest BCUT2D eigenvalue weighted by Crippen LogP contribution is -1.80. The average Bonchev–Trinajstić information content (AvgIpc) is 2.20. The van der Waals surface area contributed by atoms with Crippen LogP contribution in [0.1, 0.15) is 0 Å². The van der Waals surface area contributed by atoms with Crippen molar-refractivity contribution in [3.63, 3.8) is 0 Å². The lowest BCUT2D eigenvalue weighted by molar-refractivity contribution is 0.475. The number of benzene rings is 1. The summed E-state index contributed by atoms with van der Waals surface area (Å²) in [7, 11) is 0. The molecule has 1 heterocycles. The number of aromatic hydroxyl groups is 1. The Bertz CT molecular complexity index is 386. The van der Waals surface area contributed by atoms with Gasteiger partial charge in [0, 0.05) is 11.8 Å². The molecule has 0 fully saturated rings. The summed E-state index contributed by atoms with van der Waals surface area (Å²) in [6, 6.07) is 12.8. The van der Waals surface area contributed by atoms with Crippen LogP contribution in [0.3, 0.4) is 0 Å². The highest BCUT2D eigenvalue weighted by atomic mass is 79.9. The molecule has 0 amide bonds. The number of pyridine rings is 1. The molecule has 0 aliphatic heterocycles. The van der Waals surface area contributed by atoms with E-state index in [2.05, 4.69) is 4.98 Å². The average molecular weight is 252 g/mol. The molecule has 2 rings (SSSR count). The summed E-state index contributed by atoms with van der Waals surface area (Å²) < 4.78 is 0. The molecule has 14 heavy (non-hydrogen) atoms. The highest BCUT2D eigenvalue weighted by Crippen LogP contribution is 2.18. The van der Waals surface area contributed by atoms with Gasteiger partial charge in [-0.3, -0.25) is 4.98 Å². The van der Waals surface area contributed by atoms with Gasteiger partial charge in [0.25, 0.3) is 0 Å². The van der Waals surface area contributed by atoms with Crippen molar-refractivity contribution in [3.8, 4) is 17.0 Å². The quantitative estimate of drug-likeness (QED) is 0.846. The molecular formula is C11H10BrNO. The van der Waals surface area contributed by atoms with E-state index in [1.165, 1.54) is 0 Å². The standard InChI is InChI=1S/C11H9NO.BrH/c13-10-6-4-9(5-7-10)11-3-1-2-8-12-11;/h1-8,13H;1H. The van der Waals surface area contributed by atoms with E-state index in [0.717, 1.165) is 11.3 Å². The van der Waals surface area contributed by atoms with Gasteiger partial charge in [0.05, 0.1) is 5.69 Å². The van der Waals surface area contributed by atoms with E-state index in [4.69, 9.17) is 5.11 Å². The van der Waals surface area contributed by atoms with Crippen molar-refractivity contribution in [3.05, 3.63) is 48.7 Å². The molecule has 1 N–H and O–H groups in total. The normalized spacial score (nSPS) is 9.14. The van der Waals surface area contributed by atoms with Gasteiger partial charge in [-0.15, -0.1) is 17.0 Å². The Morgan fingerprint density at radius 2 is 1.64 bits per heavy atom. The van der Waals surface area contributed by atoms with Crippen molar-refractivity contribution < 1.29 is 5.11 Å². The van der Waals surface area contributed by atoms with Crippen LogP contribution in [0, 0.1) is 0 Å². The molecule has 0 spiro atoms. The number of nitrogens with zero attached hydrogens (tertiary/aromatic N) is 1. The summed E-state index contributed by atoms with van der Waals surface area (Å²) in [5, 5.41) is 9.08. The van der Waals surface area contributed by atoms with Crippen LogP contribution >= 0.6 is 17.0 Å².